The molecule has 0 saturated heterocycles. The molecular formula is C11H14N2O2S. The first-order valence-corrected chi connectivity index (χ1v) is 6.15. The van der Waals surface area contributed by atoms with Crippen molar-refractivity contribution in [1.29, 1.82) is 0 Å². The van der Waals surface area contributed by atoms with Crippen LogP contribution < -0.4 is 11.1 Å². The van der Waals surface area contributed by atoms with Crippen LogP contribution in [-0.4, -0.2) is 17.9 Å². The van der Waals surface area contributed by atoms with E-state index in [-0.39, 0.29) is 5.91 Å². The van der Waals surface area contributed by atoms with E-state index in [2.05, 4.69) is 5.32 Å². The zero-order valence-corrected chi connectivity index (χ0v) is 9.84. The highest BCUT2D eigenvalue weighted by molar-refractivity contribution is 7.12. The van der Waals surface area contributed by atoms with Gasteiger partial charge in [0.25, 0.3) is 5.91 Å². The van der Waals surface area contributed by atoms with Crippen molar-refractivity contribution in [3.05, 3.63) is 21.9 Å². The normalized spacial score (nSPS) is 16.8. The maximum atomic E-state index is 11.9. The van der Waals surface area contributed by atoms with E-state index in [4.69, 9.17) is 5.73 Å². The first-order valence-electron chi connectivity index (χ1n) is 5.27. The molecular weight excluding hydrogens is 224 g/mol. The predicted molar refractivity (Wildman–Crippen MR) is 62.4 cm³/mol. The molecule has 1 aliphatic carbocycles. The fourth-order valence-electron chi connectivity index (χ4n) is 1.55. The van der Waals surface area contributed by atoms with Crippen LogP contribution in [0.1, 0.15) is 40.9 Å². The second kappa shape index (κ2) is 4.25. The van der Waals surface area contributed by atoms with E-state index in [1.165, 1.54) is 11.3 Å². The zero-order valence-electron chi connectivity index (χ0n) is 9.03. The van der Waals surface area contributed by atoms with Crippen LogP contribution >= 0.6 is 11.3 Å². The van der Waals surface area contributed by atoms with Crippen molar-refractivity contribution >= 4 is 23.2 Å². The average Bonchev–Trinajstić information content (AvgIpc) is 2.95. The molecule has 5 heteroatoms. The van der Waals surface area contributed by atoms with Gasteiger partial charge in [-0.05, 0) is 42.7 Å². The SMILES string of the molecule is C[C@@H](NC(=O)c1sccc1C1CC1)C(N)=O. The quantitative estimate of drug-likeness (QED) is 0.828. The molecule has 1 aromatic rings. The lowest BCUT2D eigenvalue weighted by atomic mass is 10.1. The number of hydrogen-bond acceptors (Lipinski definition) is 3. The monoisotopic (exact) mass is 238 g/mol. The Morgan fingerprint density at radius 3 is 2.81 bits per heavy atom. The van der Waals surface area contributed by atoms with Crippen molar-refractivity contribution in [3.8, 4) is 0 Å². The largest absolute Gasteiger partial charge is 0.368 e. The molecule has 0 radical (unpaired) electrons. The highest BCUT2D eigenvalue weighted by Crippen LogP contribution is 2.43. The van der Waals surface area contributed by atoms with Gasteiger partial charge in [0.2, 0.25) is 5.91 Å². The minimum atomic E-state index is -0.623. The van der Waals surface area contributed by atoms with Crippen molar-refractivity contribution in [2.45, 2.75) is 31.7 Å². The van der Waals surface area contributed by atoms with E-state index >= 15 is 0 Å². The molecule has 0 aliphatic heterocycles. The molecule has 0 spiro atoms. The van der Waals surface area contributed by atoms with Crippen LogP contribution in [-0.2, 0) is 4.79 Å². The lowest BCUT2D eigenvalue weighted by Gasteiger charge is -2.09. The van der Waals surface area contributed by atoms with Gasteiger partial charge in [-0.25, -0.2) is 0 Å². The molecule has 1 fully saturated rings. The Balaban J connectivity index is 2.08. The van der Waals surface area contributed by atoms with Gasteiger partial charge in [-0.15, -0.1) is 11.3 Å². The summed E-state index contributed by atoms with van der Waals surface area (Å²) in [5.41, 5.74) is 6.21. The number of rotatable bonds is 4. The summed E-state index contributed by atoms with van der Waals surface area (Å²) < 4.78 is 0. The van der Waals surface area contributed by atoms with E-state index in [0.717, 1.165) is 23.3 Å². The number of amides is 2. The molecule has 0 aromatic carbocycles. The number of nitrogens with one attached hydrogen (secondary N) is 1. The summed E-state index contributed by atoms with van der Waals surface area (Å²) in [6.45, 7) is 1.59. The average molecular weight is 238 g/mol. The topological polar surface area (TPSA) is 72.2 Å². The van der Waals surface area contributed by atoms with Crippen molar-refractivity contribution < 1.29 is 9.59 Å². The molecule has 2 amide bonds. The smallest absolute Gasteiger partial charge is 0.262 e. The fourth-order valence-corrected chi connectivity index (χ4v) is 2.44. The molecule has 0 unspecified atom stereocenters. The maximum Gasteiger partial charge on any atom is 0.262 e. The zero-order chi connectivity index (χ0) is 11.7. The Morgan fingerprint density at radius 2 is 2.25 bits per heavy atom. The van der Waals surface area contributed by atoms with Crippen molar-refractivity contribution in [2.24, 2.45) is 5.73 Å². The molecule has 1 aliphatic rings. The van der Waals surface area contributed by atoms with Gasteiger partial charge in [-0.1, -0.05) is 0 Å². The third-order valence-electron chi connectivity index (χ3n) is 2.69. The molecule has 1 saturated carbocycles. The molecule has 1 heterocycles. The highest BCUT2D eigenvalue weighted by atomic mass is 32.1. The Labute approximate surface area is 97.8 Å². The molecule has 16 heavy (non-hydrogen) atoms. The Hall–Kier alpha value is -1.36. The van der Waals surface area contributed by atoms with Gasteiger partial charge >= 0.3 is 0 Å². The molecule has 86 valence electrons. The second-order valence-electron chi connectivity index (χ2n) is 4.08. The highest BCUT2D eigenvalue weighted by Gasteiger charge is 2.29. The summed E-state index contributed by atoms with van der Waals surface area (Å²) in [5, 5.41) is 4.52. The summed E-state index contributed by atoms with van der Waals surface area (Å²) in [5.74, 6) is -0.169. The van der Waals surface area contributed by atoms with Crippen LogP contribution in [0, 0.1) is 0 Å². The Bertz CT molecular complexity index is 423. The number of hydrogen-bond donors (Lipinski definition) is 2. The number of thiophene rings is 1. The lowest BCUT2D eigenvalue weighted by Crippen LogP contribution is -2.42. The summed E-state index contributed by atoms with van der Waals surface area (Å²) in [6.07, 6.45) is 2.31. The molecule has 1 aromatic heterocycles. The third kappa shape index (κ3) is 2.24. The fraction of sp³-hybridized carbons (Fsp3) is 0.455. The first-order chi connectivity index (χ1) is 7.59. The maximum absolute atomic E-state index is 11.9. The number of carbonyl (C=O) groups is 2. The number of carbonyl (C=O) groups excluding carboxylic acids is 2. The van der Waals surface area contributed by atoms with E-state index in [1.807, 2.05) is 11.4 Å². The molecule has 0 bridgehead atoms. The first kappa shape index (κ1) is 11.1. The van der Waals surface area contributed by atoms with Crippen LogP contribution in [0.3, 0.4) is 0 Å². The Morgan fingerprint density at radius 1 is 1.56 bits per heavy atom. The van der Waals surface area contributed by atoms with Crippen LogP contribution in [0.2, 0.25) is 0 Å². The van der Waals surface area contributed by atoms with Gasteiger partial charge in [0.1, 0.15) is 6.04 Å². The Kier molecular flexibility index (Phi) is 2.96. The van der Waals surface area contributed by atoms with Gasteiger partial charge < -0.3 is 11.1 Å². The molecule has 3 N–H and O–H groups in total. The summed E-state index contributed by atoms with van der Waals surface area (Å²) >= 11 is 1.42. The molecule has 2 rings (SSSR count). The van der Waals surface area contributed by atoms with Gasteiger partial charge in [0, 0.05) is 0 Å². The third-order valence-corrected chi connectivity index (χ3v) is 3.62. The van der Waals surface area contributed by atoms with E-state index in [9.17, 15) is 9.59 Å². The van der Waals surface area contributed by atoms with Crippen LogP contribution in [0.4, 0.5) is 0 Å². The minimum Gasteiger partial charge on any atom is -0.368 e. The van der Waals surface area contributed by atoms with Crippen molar-refractivity contribution in [2.75, 3.05) is 0 Å². The van der Waals surface area contributed by atoms with Crippen molar-refractivity contribution in [3.63, 3.8) is 0 Å². The van der Waals surface area contributed by atoms with Gasteiger partial charge in [0.05, 0.1) is 4.88 Å². The van der Waals surface area contributed by atoms with Crippen LogP contribution in [0.5, 0.6) is 0 Å². The standard InChI is InChI=1S/C11H14N2O2S/c1-6(10(12)14)13-11(15)9-8(4-5-16-9)7-2-3-7/h4-7H,2-3H2,1H3,(H2,12,14)(H,13,15)/t6-/m1/s1. The predicted octanol–water partition coefficient (Wildman–Crippen LogP) is 1.23. The van der Waals surface area contributed by atoms with Crippen molar-refractivity contribution in [1.82, 2.24) is 5.32 Å². The van der Waals surface area contributed by atoms with Crippen LogP contribution in [0.15, 0.2) is 11.4 Å². The summed E-state index contributed by atoms with van der Waals surface area (Å²) in [7, 11) is 0. The van der Waals surface area contributed by atoms with Gasteiger partial charge in [-0.3, -0.25) is 9.59 Å². The van der Waals surface area contributed by atoms with Gasteiger partial charge in [0.15, 0.2) is 0 Å². The lowest BCUT2D eigenvalue weighted by molar-refractivity contribution is -0.119. The van der Waals surface area contributed by atoms with E-state index in [1.54, 1.807) is 6.92 Å². The van der Waals surface area contributed by atoms with Gasteiger partial charge in [-0.2, -0.15) is 0 Å². The number of primary amides is 1. The second-order valence-corrected chi connectivity index (χ2v) is 4.99. The van der Waals surface area contributed by atoms with E-state index < -0.39 is 11.9 Å². The number of nitrogens with two attached hydrogens (primary N) is 1. The summed E-state index contributed by atoms with van der Waals surface area (Å²) in [4.78, 5) is 23.4. The van der Waals surface area contributed by atoms with Crippen LogP contribution in [0.25, 0.3) is 0 Å². The summed E-state index contributed by atoms with van der Waals surface area (Å²) in [6, 6.07) is 1.37. The molecule has 4 nitrogen and oxygen atoms in total. The van der Waals surface area contributed by atoms with E-state index in [0.29, 0.717) is 5.92 Å². The minimum absolute atomic E-state index is 0.191. The molecule has 1 atom stereocenters.